The van der Waals surface area contributed by atoms with Crippen molar-refractivity contribution in [2.45, 2.75) is 32.1 Å². The van der Waals surface area contributed by atoms with Crippen LogP contribution in [0.4, 0.5) is 5.69 Å². The summed E-state index contributed by atoms with van der Waals surface area (Å²) in [6, 6.07) is 3.13. The van der Waals surface area contributed by atoms with E-state index in [0.29, 0.717) is 28.6 Å². The molecule has 0 heterocycles. The van der Waals surface area contributed by atoms with Crippen LogP contribution in [0.2, 0.25) is 5.02 Å². The van der Waals surface area contributed by atoms with Crippen molar-refractivity contribution in [3.8, 4) is 5.75 Å². The standard InChI is InChI=1S/C18H28ClN3O2/c1-22(12-13-6-4-3-5-7-13)9-8-21-18(23)14-10-15(19)16(20)11-17(14)24-2/h10-11,13H,3-9,12,20H2,1-2H3,(H,21,23). The second kappa shape index (κ2) is 9.14. The van der Waals surface area contributed by atoms with Gasteiger partial charge in [-0.2, -0.15) is 0 Å². The fourth-order valence-electron chi connectivity index (χ4n) is 3.27. The molecule has 0 saturated heterocycles. The number of nitrogens with one attached hydrogen (secondary N) is 1. The first-order chi connectivity index (χ1) is 11.5. The number of anilines is 1. The van der Waals surface area contributed by atoms with Crippen LogP contribution in [0.15, 0.2) is 12.1 Å². The van der Waals surface area contributed by atoms with Gasteiger partial charge < -0.3 is 20.7 Å². The zero-order valence-electron chi connectivity index (χ0n) is 14.6. The lowest BCUT2D eigenvalue weighted by Gasteiger charge is -2.27. The van der Waals surface area contributed by atoms with Gasteiger partial charge in [0, 0.05) is 25.7 Å². The van der Waals surface area contributed by atoms with E-state index < -0.39 is 0 Å². The van der Waals surface area contributed by atoms with Gasteiger partial charge in [-0.1, -0.05) is 30.9 Å². The third kappa shape index (κ3) is 5.28. The number of nitrogens with zero attached hydrogens (tertiary/aromatic N) is 1. The Balaban J connectivity index is 1.81. The molecule has 3 N–H and O–H groups in total. The molecule has 6 heteroatoms. The van der Waals surface area contributed by atoms with Gasteiger partial charge in [-0.25, -0.2) is 0 Å². The molecule has 0 bridgehead atoms. The van der Waals surface area contributed by atoms with Gasteiger partial charge in [-0.3, -0.25) is 4.79 Å². The SMILES string of the molecule is COc1cc(N)c(Cl)cc1C(=O)NCCN(C)CC1CCCCC1. The maximum absolute atomic E-state index is 12.4. The van der Waals surface area contributed by atoms with Crippen molar-refractivity contribution in [2.24, 2.45) is 5.92 Å². The number of hydrogen-bond acceptors (Lipinski definition) is 4. The lowest BCUT2D eigenvalue weighted by Crippen LogP contribution is -2.35. The highest BCUT2D eigenvalue weighted by Gasteiger charge is 2.17. The predicted octanol–water partition coefficient (Wildman–Crippen LogP) is 3.17. The van der Waals surface area contributed by atoms with E-state index >= 15 is 0 Å². The lowest BCUT2D eigenvalue weighted by atomic mass is 9.89. The third-order valence-corrected chi connectivity index (χ3v) is 4.96. The Hall–Kier alpha value is -1.46. The molecule has 0 aliphatic heterocycles. The first-order valence-corrected chi connectivity index (χ1v) is 8.98. The van der Waals surface area contributed by atoms with Crippen molar-refractivity contribution in [3.05, 3.63) is 22.7 Å². The summed E-state index contributed by atoms with van der Waals surface area (Å²) in [7, 11) is 3.62. The number of nitrogen functional groups attached to an aromatic ring is 1. The van der Waals surface area contributed by atoms with E-state index in [4.69, 9.17) is 22.1 Å². The molecule has 0 atom stereocenters. The molecule has 0 spiro atoms. The van der Waals surface area contributed by atoms with Crippen molar-refractivity contribution in [3.63, 3.8) is 0 Å². The van der Waals surface area contributed by atoms with Crippen LogP contribution in [-0.2, 0) is 0 Å². The van der Waals surface area contributed by atoms with Gasteiger partial charge in [0.05, 0.1) is 23.4 Å². The summed E-state index contributed by atoms with van der Waals surface area (Å²) in [4.78, 5) is 14.6. The minimum Gasteiger partial charge on any atom is -0.496 e. The Morgan fingerprint density at radius 2 is 2.08 bits per heavy atom. The van der Waals surface area contributed by atoms with Crippen molar-refractivity contribution in [1.82, 2.24) is 10.2 Å². The largest absolute Gasteiger partial charge is 0.496 e. The number of carbonyl (C=O) groups excluding carboxylic acids is 1. The quantitative estimate of drug-likeness (QED) is 0.739. The Bertz CT molecular complexity index is 559. The third-order valence-electron chi connectivity index (χ3n) is 4.64. The van der Waals surface area contributed by atoms with E-state index in [1.807, 2.05) is 0 Å². The number of rotatable bonds is 7. The number of ether oxygens (including phenoxy) is 1. The van der Waals surface area contributed by atoms with E-state index in [1.54, 1.807) is 12.1 Å². The number of methoxy groups -OCH3 is 1. The molecule has 24 heavy (non-hydrogen) atoms. The van der Waals surface area contributed by atoms with Gasteiger partial charge >= 0.3 is 0 Å². The zero-order chi connectivity index (χ0) is 17.5. The smallest absolute Gasteiger partial charge is 0.255 e. The highest BCUT2D eigenvalue weighted by Crippen LogP contribution is 2.28. The number of likely N-dealkylation sites (N-methyl/N-ethyl adjacent to an activating group) is 1. The molecular weight excluding hydrogens is 326 g/mol. The molecular formula is C18H28ClN3O2. The average Bonchev–Trinajstić information content (AvgIpc) is 2.57. The van der Waals surface area contributed by atoms with Crippen molar-refractivity contribution >= 4 is 23.2 Å². The van der Waals surface area contributed by atoms with Crippen molar-refractivity contribution < 1.29 is 9.53 Å². The van der Waals surface area contributed by atoms with Crippen LogP contribution in [0.3, 0.4) is 0 Å². The van der Waals surface area contributed by atoms with Crippen molar-refractivity contribution in [2.75, 3.05) is 39.5 Å². The maximum atomic E-state index is 12.4. The van der Waals surface area contributed by atoms with Gasteiger partial charge in [0.2, 0.25) is 0 Å². The minimum atomic E-state index is -0.195. The Morgan fingerprint density at radius 3 is 2.75 bits per heavy atom. The summed E-state index contributed by atoms with van der Waals surface area (Å²) in [6.07, 6.45) is 6.75. The summed E-state index contributed by atoms with van der Waals surface area (Å²) >= 11 is 6.01. The molecule has 134 valence electrons. The molecule has 0 unspecified atom stereocenters. The van der Waals surface area contributed by atoms with Crippen LogP contribution < -0.4 is 15.8 Å². The Labute approximate surface area is 149 Å². The summed E-state index contributed by atoms with van der Waals surface area (Å²) in [6.45, 7) is 2.52. The topological polar surface area (TPSA) is 67.6 Å². The number of halogens is 1. The van der Waals surface area contributed by atoms with Crippen LogP contribution in [0.1, 0.15) is 42.5 Å². The number of nitrogens with two attached hydrogens (primary N) is 1. The lowest BCUT2D eigenvalue weighted by molar-refractivity contribution is 0.0945. The average molecular weight is 354 g/mol. The van der Waals surface area contributed by atoms with E-state index in [9.17, 15) is 4.79 Å². The predicted molar refractivity (Wildman–Crippen MR) is 98.8 cm³/mol. The first-order valence-electron chi connectivity index (χ1n) is 8.61. The van der Waals surface area contributed by atoms with Crippen LogP contribution in [0.5, 0.6) is 5.75 Å². The van der Waals surface area contributed by atoms with Crippen LogP contribution >= 0.6 is 11.6 Å². The van der Waals surface area contributed by atoms with E-state index in [-0.39, 0.29) is 5.91 Å². The molecule has 0 aromatic heterocycles. The molecule has 1 aromatic carbocycles. The molecule has 1 aromatic rings. The summed E-state index contributed by atoms with van der Waals surface area (Å²) in [5, 5.41) is 3.29. The highest BCUT2D eigenvalue weighted by atomic mass is 35.5. The molecule has 1 fully saturated rings. The highest BCUT2D eigenvalue weighted by molar-refractivity contribution is 6.33. The molecule has 1 amide bonds. The fourth-order valence-corrected chi connectivity index (χ4v) is 3.44. The first kappa shape index (κ1) is 18.9. The minimum absolute atomic E-state index is 0.195. The summed E-state index contributed by atoms with van der Waals surface area (Å²) in [5.74, 6) is 1.04. The van der Waals surface area contributed by atoms with Crippen LogP contribution in [-0.4, -0.2) is 44.6 Å². The van der Waals surface area contributed by atoms with Gasteiger partial charge in [0.15, 0.2) is 0 Å². The van der Waals surface area contributed by atoms with Gasteiger partial charge in [0.25, 0.3) is 5.91 Å². The van der Waals surface area contributed by atoms with E-state index in [2.05, 4.69) is 17.3 Å². The summed E-state index contributed by atoms with van der Waals surface area (Å²) in [5.41, 5.74) is 6.55. The van der Waals surface area contributed by atoms with Gasteiger partial charge in [-0.15, -0.1) is 0 Å². The zero-order valence-corrected chi connectivity index (χ0v) is 15.4. The second-order valence-corrected chi connectivity index (χ2v) is 7.00. The maximum Gasteiger partial charge on any atom is 0.255 e. The van der Waals surface area contributed by atoms with Crippen LogP contribution in [0, 0.1) is 5.92 Å². The number of carbonyl (C=O) groups is 1. The number of amides is 1. The molecule has 1 aliphatic rings. The Morgan fingerprint density at radius 1 is 1.38 bits per heavy atom. The van der Waals surface area contributed by atoms with Crippen LogP contribution in [0.25, 0.3) is 0 Å². The molecule has 1 saturated carbocycles. The van der Waals surface area contributed by atoms with Gasteiger partial charge in [0.1, 0.15) is 5.75 Å². The normalized spacial score (nSPS) is 15.5. The summed E-state index contributed by atoms with van der Waals surface area (Å²) < 4.78 is 5.22. The van der Waals surface area contributed by atoms with Crippen molar-refractivity contribution in [1.29, 1.82) is 0 Å². The van der Waals surface area contributed by atoms with E-state index in [0.717, 1.165) is 19.0 Å². The number of benzene rings is 1. The molecule has 0 radical (unpaired) electrons. The molecule has 2 rings (SSSR count). The molecule has 5 nitrogen and oxygen atoms in total. The Kier molecular flexibility index (Phi) is 7.18. The number of hydrogen-bond donors (Lipinski definition) is 2. The fraction of sp³-hybridized carbons (Fsp3) is 0.611. The van der Waals surface area contributed by atoms with E-state index in [1.165, 1.54) is 39.2 Å². The second-order valence-electron chi connectivity index (χ2n) is 6.60. The molecule has 1 aliphatic carbocycles. The monoisotopic (exact) mass is 353 g/mol. The van der Waals surface area contributed by atoms with Gasteiger partial charge in [-0.05, 0) is 31.9 Å².